The molecular weight excluding hydrogens is 458 g/mol. The number of benzene rings is 1. The van der Waals surface area contributed by atoms with E-state index in [1.165, 1.54) is 6.39 Å². The van der Waals surface area contributed by atoms with Gasteiger partial charge in [0.1, 0.15) is 5.82 Å². The summed E-state index contributed by atoms with van der Waals surface area (Å²) in [5, 5.41) is 9.20. The number of hydrogen-bond donors (Lipinski definition) is 0. The first-order valence-corrected chi connectivity index (χ1v) is 11.7. The van der Waals surface area contributed by atoms with Crippen molar-refractivity contribution in [3.8, 4) is 11.6 Å². The van der Waals surface area contributed by atoms with E-state index in [0.717, 1.165) is 60.7 Å². The maximum absolute atomic E-state index is 14.5. The molecule has 0 bridgehead atoms. The lowest BCUT2D eigenvalue weighted by molar-refractivity contribution is -0.137. The fourth-order valence-electron chi connectivity index (χ4n) is 4.86. The van der Waals surface area contributed by atoms with Crippen molar-refractivity contribution in [2.45, 2.75) is 36.5 Å². The molecular formula is C22H23F4N5OS. The molecule has 6 nitrogen and oxygen atoms in total. The Bertz CT molecular complexity index is 1180. The Kier molecular flexibility index (Phi) is 5.51. The molecule has 2 fully saturated rings. The molecule has 3 heterocycles. The quantitative estimate of drug-likeness (QED) is 0.277. The second-order valence-electron chi connectivity index (χ2n) is 8.82. The minimum atomic E-state index is -4.47. The van der Waals surface area contributed by atoms with Crippen LogP contribution >= 0.6 is 11.8 Å². The molecule has 0 spiro atoms. The van der Waals surface area contributed by atoms with Gasteiger partial charge in [-0.05, 0) is 56.0 Å². The molecule has 33 heavy (non-hydrogen) atoms. The Balaban J connectivity index is 1.17. The van der Waals surface area contributed by atoms with Crippen LogP contribution in [0.25, 0.3) is 11.6 Å². The van der Waals surface area contributed by atoms with Crippen LogP contribution in [0, 0.1) is 18.7 Å². The zero-order chi connectivity index (χ0) is 23.4. The van der Waals surface area contributed by atoms with Gasteiger partial charge in [-0.3, -0.25) is 0 Å². The van der Waals surface area contributed by atoms with Gasteiger partial charge in [0, 0.05) is 31.3 Å². The Labute approximate surface area is 192 Å². The molecule has 1 aliphatic carbocycles. The molecule has 1 saturated heterocycles. The number of aromatic nitrogens is 4. The van der Waals surface area contributed by atoms with E-state index in [-0.39, 0.29) is 11.5 Å². The van der Waals surface area contributed by atoms with E-state index < -0.39 is 23.0 Å². The van der Waals surface area contributed by atoms with Crippen LogP contribution in [0.2, 0.25) is 0 Å². The zero-order valence-corrected chi connectivity index (χ0v) is 19.0. The van der Waals surface area contributed by atoms with Crippen LogP contribution in [0.1, 0.15) is 29.7 Å². The smallest absolute Gasteiger partial charge is 0.416 e. The van der Waals surface area contributed by atoms with Crippen LogP contribution in [0.15, 0.2) is 34.2 Å². The third-order valence-corrected chi connectivity index (χ3v) is 7.79. The second kappa shape index (κ2) is 8.12. The molecule has 2 aliphatic rings. The fourth-order valence-corrected chi connectivity index (χ4v) is 5.70. The standard InChI is InChI=1S/C22H23F4N5OS/c1-13-18(32-12-27-13)19-28-29-20(30(19)2)33-7-3-6-31-10-15-9-21(15,11-31)16-8-14(22(24,25)26)4-5-17(16)23/h4-5,8,12,15H,3,6-7,9-11H2,1-2H3/t15-,21-/m0/s1. The molecule has 0 radical (unpaired) electrons. The lowest BCUT2D eigenvalue weighted by Gasteiger charge is -2.22. The van der Waals surface area contributed by atoms with E-state index in [0.29, 0.717) is 18.1 Å². The molecule has 1 aromatic carbocycles. The van der Waals surface area contributed by atoms with Gasteiger partial charge in [-0.25, -0.2) is 9.37 Å². The van der Waals surface area contributed by atoms with Crippen LogP contribution in [0.4, 0.5) is 17.6 Å². The van der Waals surface area contributed by atoms with Gasteiger partial charge >= 0.3 is 6.18 Å². The predicted molar refractivity (Wildman–Crippen MR) is 114 cm³/mol. The number of piperidine rings is 1. The molecule has 11 heteroatoms. The molecule has 176 valence electrons. The molecule has 0 amide bonds. The summed E-state index contributed by atoms with van der Waals surface area (Å²) in [6, 6.07) is 2.78. The summed E-state index contributed by atoms with van der Waals surface area (Å²) in [6.07, 6.45) is -1.46. The van der Waals surface area contributed by atoms with Crippen molar-refractivity contribution in [3.05, 3.63) is 47.2 Å². The van der Waals surface area contributed by atoms with Crippen molar-refractivity contribution in [3.63, 3.8) is 0 Å². The zero-order valence-electron chi connectivity index (χ0n) is 18.2. The van der Waals surface area contributed by atoms with E-state index in [1.54, 1.807) is 11.8 Å². The van der Waals surface area contributed by atoms with Crippen molar-refractivity contribution in [1.29, 1.82) is 0 Å². The monoisotopic (exact) mass is 481 g/mol. The highest BCUT2D eigenvalue weighted by atomic mass is 32.2. The van der Waals surface area contributed by atoms with Gasteiger partial charge in [-0.15, -0.1) is 10.2 Å². The summed E-state index contributed by atoms with van der Waals surface area (Å²) >= 11 is 1.58. The largest absolute Gasteiger partial charge is 0.440 e. The summed E-state index contributed by atoms with van der Waals surface area (Å²) < 4.78 is 61.1. The van der Waals surface area contributed by atoms with Crippen LogP contribution in [0.5, 0.6) is 0 Å². The van der Waals surface area contributed by atoms with Crippen LogP contribution < -0.4 is 0 Å². The van der Waals surface area contributed by atoms with Gasteiger partial charge in [-0.2, -0.15) is 13.2 Å². The van der Waals surface area contributed by atoms with Gasteiger partial charge in [0.05, 0.1) is 11.3 Å². The first-order valence-electron chi connectivity index (χ1n) is 10.7. The Morgan fingerprint density at radius 2 is 2.09 bits per heavy atom. The van der Waals surface area contributed by atoms with E-state index >= 15 is 0 Å². The first-order chi connectivity index (χ1) is 15.7. The van der Waals surface area contributed by atoms with Crippen molar-refractivity contribution < 1.29 is 22.0 Å². The maximum atomic E-state index is 14.5. The van der Waals surface area contributed by atoms with Crippen molar-refractivity contribution in [2.24, 2.45) is 13.0 Å². The predicted octanol–water partition coefficient (Wildman–Crippen LogP) is 4.69. The Morgan fingerprint density at radius 1 is 1.27 bits per heavy atom. The Hall–Kier alpha value is -2.40. The minimum Gasteiger partial charge on any atom is -0.440 e. The first kappa shape index (κ1) is 22.4. The summed E-state index contributed by atoms with van der Waals surface area (Å²) in [5.41, 5.74) is -0.294. The number of nitrogens with zero attached hydrogens (tertiary/aromatic N) is 5. The number of rotatable bonds is 7. The highest BCUT2D eigenvalue weighted by Gasteiger charge is 2.61. The summed E-state index contributed by atoms with van der Waals surface area (Å²) in [4.78, 5) is 6.31. The Morgan fingerprint density at radius 3 is 2.82 bits per heavy atom. The number of aryl methyl sites for hydroxylation is 1. The maximum Gasteiger partial charge on any atom is 0.416 e. The van der Waals surface area contributed by atoms with Gasteiger partial charge in [0.2, 0.25) is 5.82 Å². The van der Waals surface area contributed by atoms with Crippen molar-refractivity contribution in [2.75, 3.05) is 25.4 Å². The second-order valence-corrected chi connectivity index (χ2v) is 9.88. The average molecular weight is 482 g/mol. The topological polar surface area (TPSA) is 60.0 Å². The molecule has 3 aromatic rings. The molecule has 2 aromatic heterocycles. The molecule has 0 unspecified atom stereocenters. The summed E-state index contributed by atoms with van der Waals surface area (Å²) in [7, 11) is 1.88. The van der Waals surface area contributed by atoms with Gasteiger partial charge in [0.25, 0.3) is 0 Å². The molecule has 0 N–H and O–H groups in total. The van der Waals surface area contributed by atoms with Crippen LogP contribution in [0.3, 0.4) is 0 Å². The minimum absolute atomic E-state index is 0.216. The van der Waals surface area contributed by atoms with Gasteiger partial charge in [-0.1, -0.05) is 11.8 Å². The fraction of sp³-hybridized carbons (Fsp3) is 0.500. The van der Waals surface area contributed by atoms with E-state index in [2.05, 4.69) is 20.1 Å². The lowest BCUT2D eigenvalue weighted by Crippen LogP contribution is -2.28. The number of halogens is 4. The van der Waals surface area contributed by atoms with Crippen molar-refractivity contribution >= 4 is 11.8 Å². The average Bonchev–Trinajstić information content (AvgIpc) is 3.06. The lowest BCUT2D eigenvalue weighted by atomic mass is 9.92. The number of hydrogen-bond acceptors (Lipinski definition) is 6. The van der Waals surface area contributed by atoms with Crippen LogP contribution in [-0.2, 0) is 18.6 Å². The third kappa shape index (κ3) is 4.05. The van der Waals surface area contributed by atoms with Crippen molar-refractivity contribution in [1.82, 2.24) is 24.6 Å². The number of alkyl halides is 3. The number of thioether (sulfide) groups is 1. The van der Waals surface area contributed by atoms with E-state index in [4.69, 9.17) is 4.42 Å². The molecule has 2 atom stereocenters. The summed E-state index contributed by atoms with van der Waals surface area (Å²) in [5.74, 6) is 1.71. The molecule has 1 saturated carbocycles. The number of oxazole rings is 1. The van der Waals surface area contributed by atoms with E-state index in [1.807, 2.05) is 18.5 Å². The number of fused-ring (bicyclic) bond motifs is 1. The summed E-state index contributed by atoms with van der Waals surface area (Å²) in [6.45, 7) is 4.04. The SMILES string of the molecule is Cc1ncoc1-c1nnc(SCCCN2C[C@@H]3C[C@]3(c3cc(C(F)(F)F)ccc3F)C2)n1C. The van der Waals surface area contributed by atoms with Gasteiger partial charge in [0.15, 0.2) is 17.3 Å². The number of likely N-dealkylation sites (tertiary alicyclic amines) is 1. The normalized spacial score (nSPS) is 22.7. The highest BCUT2D eigenvalue weighted by molar-refractivity contribution is 7.99. The molecule has 1 aliphatic heterocycles. The highest BCUT2D eigenvalue weighted by Crippen LogP contribution is 2.59. The third-order valence-electron chi connectivity index (χ3n) is 6.68. The van der Waals surface area contributed by atoms with E-state index in [9.17, 15) is 17.6 Å². The van der Waals surface area contributed by atoms with Gasteiger partial charge < -0.3 is 13.9 Å². The molecule has 5 rings (SSSR count). The van der Waals surface area contributed by atoms with Crippen LogP contribution in [-0.4, -0.2) is 50.0 Å².